The van der Waals surface area contributed by atoms with Gasteiger partial charge in [0.05, 0.1) is 0 Å². The average molecular weight is 485 g/mol. The molecule has 9 heteroatoms. The lowest BCUT2D eigenvalue weighted by molar-refractivity contribution is -0.120. The van der Waals surface area contributed by atoms with Crippen molar-refractivity contribution in [2.45, 2.75) is 44.0 Å². The van der Waals surface area contributed by atoms with Crippen LogP contribution in [0.5, 0.6) is 0 Å². The number of carbonyl (C=O) groups excluding carboxylic acids is 1. The summed E-state index contributed by atoms with van der Waals surface area (Å²) in [5.41, 5.74) is 1.75. The zero-order valence-electron chi connectivity index (χ0n) is 19.3. The van der Waals surface area contributed by atoms with Gasteiger partial charge in [0.15, 0.2) is 0 Å². The molecular formula is C25H29FN4O3S. The highest BCUT2D eigenvalue weighted by atomic mass is 32.2. The molecule has 1 fully saturated rings. The molecule has 0 aliphatic carbocycles. The third-order valence-electron chi connectivity index (χ3n) is 6.09. The summed E-state index contributed by atoms with van der Waals surface area (Å²) in [6, 6.07) is 13.1. The molecule has 0 unspecified atom stereocenters. The van der Waals surface area contributed by atoms with Crippen molar-refractivity contribution < 1.29 is 17.6 Å². The van der Waals surface area contributed by atoms with Crippen molar-refractivity contribution in [1.82, 2.24) is 13.9 Å². The summed E-state index contributed by atoms with van der Waals surface area (Å²) in [6.45, 7) is 5.20. The number of halogens is 1. The van der Waals surface area contributed by atoms with Crippen LogP contribution in [0.1, 0.15) is 44.0 Å². The first-order valence-electron chi connectivity index (χ1n) is 11.4. The zero-order valence-corrected chi connectivity index (χ0v) is 20.1. The fraction of sp³-hybridized carbons (Fsp3) is 0.360. The molecule has 1 N–H and O–H groups in total. The molecule has 2 aromatic carbocycles. The van der Waals surface area contributed by atoms with Crippen molar-refractivity contribution in [1.29, 1.82) is 0 Å². The van der Waals surface area contributed by atoms with Crippen molar-refractivity contribution in [3.8, 4) is 0 Å². The lowest BCUT2D eigenvalue weighted by Crippen LogP contribution is -2.41. The van der Waals surface area contributed by atoms with Crippen molar-refractivity contribution >= 4 is 21.6 Å². The van der Waals surface area contributed by atoms with E-state index in [1.165, 1.54) is 22.5 Å². The number of piperidine rings is 1. The maximum atomic E-state index is 14.0. The van der Waals surface area contributed by atoms with Crippen LogP contribution >= 0.6 is 0 Å². The lowest BCUT2D eigenvalue weighted by Gasteiger charge is -2.30. The number of hydrogen-bond acceptors (Lipinski definition) is 4. The van der Waals surface area contributed by atoms with Crippen LogP contribution in [0, 0.1) is 11.7 Å². The monoisotopic (exact) mass is 484 g/mol. The van der Waals surface area contributed by atoms with Crippen LogP contribution in [0.25, 0.3) is 0 Å². The van der Waals surface area contributed by atoms with E-state index in [1.54, 1.807) is 6.20 Å². The van der Waals surface area contributed by atoms with Crippen molar-refractivity contribution in [3.63, 3.8) is 0 Å². The van der Waals surface area contributed by atoms with Crippen LogP contribution in [-0.2, 0) is 21.4 Å². The summed E-state index contributed by atoms with van der Waals surface area (Å²) in [4.78, 5) is 17.0. The maximum Gasteiger partial charge on any atom is 0.245 e. The highest BCUT2D eigenvalue weighted by molar-refractivity contribution is 7.89. The SMILES string of the molecule is CC(C)c1nccn1Cc1cccc(NC(=O)C2CCN(S(=O)(=O)c3ccccc3F)CC2)c1. The normalized spacial score (nSPS) is 15.5. The molecule has 4 rings (SSSR count). The van der Waals surface area contributed by atoms with Crippen LogP contribution in [0.4, 0.5) is 10.1 Å². The first-order valence-corrected chi connectivity index (χ1v) is 12.8. The fourth-order valence-electron chi connectivity index (χ4n) is 4.29. The van der Waals surface area contributed by atoms with Gasteiger partial charge in [-0.3, -0.25) is 4.79 Å². The van der Waals surface area contributed by atoms with Gasteiger partial charge in [-0.2, -0.15) is 4.31 Å². The molecule has 3 aromatic rings. The van der Waals surface area contributed by atoms with Gasteiger partial charge in [-0.15, -0.1) is 0 Å². The predicted octanol–water partition coefficient (Wildman–Crippen LogP) is 4.23. The van der Waals surface area contributed by atoms with Crippen molar-refractivity contribution in [3.05, 3.63) is 78.1 Å². The molecule has 0 atom stereocenters. The van der Waals surface area contributed by atoms with Crippen molar-refractivity contribution in [2.24, 2.45) is 5.92 Å². The molecule has 7 nitrogen and oxygen atoms in total. The number of amides is 1. The molecule has 34 heavy (non-hydrogen) atoms. The smallest absolute Gasteiger partial charge is 0.245 e. The zero-order chi connectivity index (χ0) is 24.3. The van der Waals surface area contributed by atoms with Crippen molar-refractivity contribution in [2.75, 3.05) is 18.4 Å². The van der Waals surface area contributed by atoms with Gasteiger partial charge in [0.2, 0.25) is 15.9 Å². The number of nitrogens with one attached hydrogen (secondary N) is 1. The van der Waals surface area contributed by atoms with E-state index in [-0.39, 0.29) is 29.8 Å². The van der Waals surface area contributed by atoms with Gasteiger partial charge < -0.3 is 9.88 Å². The largest absolute Gasteiger partial charge is 0.330 e. The van der Waals surface area contributed by atoms with Crippen LogP contribution in [0.15, 0.2) is 65.8 Å². The Kier molecular flexibility index (Phi) is 7.13. The topological polar surface area (TPSA) is 84.3 Å². The first kappa shape index (κ1) is 24.1. The summed E-state index contributed by atoms with van der Waals surface area (Å²) in [5.74, 6) is 0.110. The number of benzene rings is 2. The number of sulfonamides is 1. The Hall–Kier alpha value is -3.04. The average Bonchev–Trinajstić information content (AvgIpc) is 3.28. The Labute approximate surface area is 199 Å². The Balaban J connectivity index is 1.37. The molecule has 1 saturated heterocycles. The second kappa shape index (κ2) is 10.1. The molecule has 1 aromatic heterocycles. The van der Waals surface area contributed by atoms with Crippen LogP contribution in [-0.4, -0.2) is 41.3 Å². The minimum Gasteiger partial charge on any atom is -0.330 e. The summed E-state index contributed by atoms with van der Waals surface area (Å²) in [6.07, 6.45) is 4.50. The molecule has 2 heterocycles. The van der Waals surface area contributed by atoms with Crippen LogP contribution in [0.3, 0.4) is 0 Å². The number of nitrogens with zero attached hydrogens (tertiary/aromatic N) is 3. The third kappa shape index (κ3) is 5.20. The second-order valence-corrected chi connectivity index (χ2v) is 10.8. The number of imidazole rings is 1. The Bertz CT molecular complexity index is 1260. The van der Waals surface area contributed by atoms with Crippen LogP contribution in [0.2, 0.25) is 0 Å². The number of carbonyl (C=O) groups is 1. The second-order valence-electron chi connectivity index (χ2n) is 8.87. The van der Waals surface area contributed by atoms with Gasteiger partial charge in [-0.05, 0) is 42.7 Å². The van der Waals surface area contributed by atoms with Crippen LogP contribution < -0.4 is 5.32 Å². The van der Waals surface area contributed by atoms with E-state index < -0.39 is 15.8 Å². The molecule has 1 aliphatic rings. The number of aromatic nitrogens is 2. The number of rotatable bonds is 7. The minimum atomic E-state index is -3.92. The third-order valence-corrected chi connectivity index (χ3v) is 8.02. The molecule has 1 aliphatic heterocycles. The lowest BCUT2D eigenvalue weighted by atomic mass is 9.97. The van der Waals surface area contributed by atoms with Gasteiger partial charge in [-0.25, -0.2) is 17.8 Å². The summed E-state index contributed by atoms with van der Waals surface area (Å²) in [7, 11) is -3.92. The molecular weight excluding hydrogens is 455 g/mol. The molecule has 0 radical (unpaired) electrons. The van der Waals surface area contributed by atoms with Gasteiger partial charge in [0, 0.05) is 49.6 Å². The fourth-order valence-corrected chi connectivity index (χ4v) is 5.83. The van der Waals surface area contributed by atoms with Gasteiger partial charge >= 0.3 is 0 Å². The minimum absolute atomic E-state index is 0.134. The molecule has 0 saturated carbocycles. The Morgan fingerprint density at radius 1 is 1.15 bits per heavy atom. The highest BCUT2D eigenvalue weighted by Crippen LogP contribution is 2.26. The number of anilines is 1. The quantitative estimate of drug-likeness (QED) is 0.544. The van der Waals surface area contributed by atoms with E-state index in [1.807, 2.05) is 30.5 Å². The summed E-state index contributed by atoms with van der Waals surface area (Å²) < 4.78 is 43.0. The van der Waals surface area contributed by atoms with Gasteiger partial charge in [0.1, 0.15) is 16.5 Å². The molecule has 0 bridgehead atoms. The van der Waals surface area contributed by atoms with Gasteiger partial charge in [0.25, 0.3) is 0 Å². The van der Waals surface area contributed by atoms with E-state index in [9.17, 15) is 17.6 Å². The van der Waals surface area contributed by atoms with E-state index in [2.05, 4.69) is 28.7 Å². The maximum absolute atomic E-state index is 14.0. The number of hydrogen-bond donors (Lipinski definition) is 1. The highest BCUT2D eigenvalue weighted by Gasteiger charge is 2.33. The summed E-state index contributed by atoms with van der Waals surface area (Å²) in [5, 5.41) is 2.97. The predicted molar refractivity (Wildman–Crippen MR) is 128 cm³/mol. The first-order chi connectivity index (χ1) is 16.3. The van der Waals surface area contributed by atoms with Gasteiger partial charge in [-0.1, -0.05) is 38.1 Å². The van der Waals surface area contributed by atoms with E-state index >= 15 is 0 Å². The Morgan fingerprint density at radius 3 is 2.59 bits per heavy atom. The van der Waals surface area contributed by atoms with E-state index in [0.717, 1.165) is 17.5 Å². The van der Waals surface area contributed by atoms with E-state index in [4.69, 9.17) is 0 Å². The van der Waals surface area contributed by atoms with E-state index in [0.29, 0.717) is 31.0 Å². The summed E-state index contributed by atoms with van der Waals surface area (Å²) >= 11 is 0. The molecule has 180 valence electrons. The Morgan fingerprint density at radius 2 is 1.88 bits per heavy atom. The molecule has 0 spiro atoms. The molecule has 1 amide bonds. The standard InChI is InChI=1S/C25H29FN4O3S/c1-18(2)24-27-12-15-29(24)17-19-6-5-7-21(16-19)28-25(31)20-10-13-30(14-11-20)34(32,33)23-9-4-3-8-22(23)26/h3-9,12,15-16,18,20H,10-11,13-14,17H2,1-2H3,(H,28,31).